The SMILES string of the molecule is CC/C=C\C/C=C\C/C=C\C/C=C\C/C=C\C/C=C\CCCCCCCCCCCCCCCCCCCCCCC(=O)OCC(O)COC(OCC[N+](C)(C)C)C(=O)O. The molecule has 8 heteroatoms. The number of carbonyl (C=O) groups excluding carboxylic acids is 1. The highest BCUT2D eigenvalue weighted by molar-refractivity contribution is 5.70. The minimum atomic E-state index is -1.46. The number of unbranched alkanes of at least 4 members (excludes halogenated alkanes) is 20. The van der Waals surface area contributed by atoms with Crippen molar-refractivity contribution in [2.45, 2.75) is 199 Å². The summed E-state index contributed by atoms with van der Waals surface area (Å²) in [6.45, 7) is 2.48. The number of carbonyl (C=O) groups is 2. The van der Waals surface area contributed by atoms with Crippen LogP contribution < -0.4 is 0 Å². The molecule has 0 heterocycles. The van der Waals surface area contributed by atoms with Gasteiger partial charge in [0.05, 0.1) is 34.4 Å². The summed E-state index contributed by atoms with van der Waals surface area (Å²) in [6, 6.07) is 0. The normalized spacial score (nSPS) is 13.7. The van der Waals surface area contributed by atoms with Gasteiger partial charge >= 0.3 is 11.9 Å². The molecule has 0 radical (unpaired) electrons. The van der Waals surface area contributed by atoms with Crippen LogP contribution in [0.1, 0.15) is 187 Å². The highest BCUT2D eigenvalue weighted by Crippen LogP contribution is 2.16. The number of ether oxygens (including phenoxy) is 3. The van der Waals surface area contributed by atoms with E-state index in [-0.39, 0.29) is 25.8 Å². The summed E-state index contributed by atoms with van der Waals surface area (Å²) in [7, 11) is 5.92. The molecule has 0 bridgehead atoms. The van der Waals surface area contributed by atoms with Crippen LogP contribution in [0.15, 0.2) is 72.9 Å². The predicted octanol–water partition coefficient (Wildman–Crippen LogP) is 13.3. The lowest BCUT2D eigenvalue weighted by molar-refractivity contribution is -0.870. The van der Waals surface area contributed by atoms with Crippen molar-refractivity contribution < 1.29 is 38.5 Å². The van der Waals surface area contributed by atoms with Gasteiger partial charge in [-0.2, -0.15) is 0 Å². The van der Waals surface area contributed by atoms with Crippen molar-refractivity contribution in [2.24, 2.45) is 0 Å². The van der Waals surface area contributed by atoms with E-state index in [1.165, 1.54) is 116 Å². The molecule has 0 aromatic carbocycles. The molecule has 0 aromatic heterocycles. The fourth-order valence-electron chi connectivity index (χ4n) is 6.49. The molecule has 60 heavy (non-hydrogen) atoms. The lowest BCUT2D eigenvalue weighted by Crippen LogP contribution is -2.40. The molecular weight excluding hydrogens is 751 g/mol. The smallest absolute Gasteiger partial charge is 0.361 e. The van der Waals surface area contributed by atoms with Crippen LogP contribution in [0.5, 0.6) is 0 Å². The summed E-state index contributed by atoms with van der Waals surface area (Å²) in [5, 5.41) is 19.3. The van der Waals surface area contributed by atoms with Crippen LogP contribution in [0.25, 0.3) is 0 Å². The lowest BCUT2D eigenvalue weighted by atomic mass is 10.0. The number of hydrogen-bond acceptors (Lipinski definition) is 6. The highest BCUT2D eigenvalue weighted by Gasteiger charge is 2.22. The Bertz CT molecular complexity index is 1150. The van der Waals surface area contributed by atoms with Gasteiger partial charge in [-0.1, -0.05) is 195 Å². The van der Waals surface area contributed by atoms with Gasteiger partial charge in [0.15, 0.2) is 0 Å². The van der Waals surface area contributed by atoms with Crippen molar-refractivity contribution in [3.63, 3.8) is 0 Å². The Hall–Kier alpha value is -2.78. The number of aliphatic hydroxyl groups excluding tert-OH is 1. The molecule has 0 saturated carbocycles. The summed E-state index contributed by atoms with van der Waals surface area (Å²) in [6.07, 6.45) is 58.4. The second kappa shape index (κ2) is 44.3. The summed E-state index contributed by atoms with van der Waals surface area (Å²) in [5.41, 5.74) is 0. The molecule has 0 aliphatic carbocycles. The summed E-state index contributed by atoms with van der Waals surface area (Å²) in [4.78, 5) is 23.3. The van der Waals surface area contributed by atoms with Gasteiger partial charge in [-0.05, 0) is 57.8 Å². The Morgan fingerprint density at radius 1 is 0.500 bits per heavy atom. The van der Waals surface area contributed by atoms with Crippen molar-refractivity contribution in [1.29, 1.82) is 0 Å². The molecule has 0 aromatic rings. The van der Waals surface area contributed by atoms with Gasteiger partial charge < -0.3 is 28.9 Å². The zero-order valence-corrected chi connectivity index (χ0v) is 39.1. The first kappa shape index (κ1) is 57.2. The summed E-state index contributed by atoms with van der Waals surface area (Å²) in [5.74, 6) is -1.61. The number of esters is 1. The Morgan fingerprint density at radius 2 is 0.867 bits per heavy atom. The summed E-state index contributed by atoms with van der Waals surface area (Å²) < 4.78 is 16.2. The van der Waals surface area contributed by atoms with E-state index in [0.29, 0.717) is 17.4 Å². The van der Waals surface area contributed by atoms with Crippen LogP contribution >= 0.6 is 0 Å². The number of likely N-dealkylation sites (N-methyl/N-ethyl adjacent to an activating group) is 1. The van der Waals surface area contributed by atoms with Crippen molar-refractivity contribution in [3.05, 3.63) is 72.9 Å². The average Bonchev–Trinajstić information content (AvgIpc) is 3.21. The number of aliphatic carboxylic acids is 1. The van der Waals surface area contributed by atoms with Crippen LogP contribution in [0.3, 0.4) is 0 Å². The van der Waals surface area contributed by atoms with E-state index < -0.39 is 18.4 Å². The van der Waals surface area contributed by atoms with Crippen molar-refractivity contribution >= 4 is 11.9 Å². The standard InChI is InChI=1S/C52H91NO7/c1-5-6-7-8-9-10-11-12-13-14-15-16-17-18-19-20-21-22-23-24-25-26-27-28-29-30-31-32-33-34-35-36-37-38-39-40-41-42-43-44-50(55)59-47-49(54)48-60-52(51(56)57)58-46-45-53(2,3)4/h6-7,9-10,12-13,15-16,18-19,21-22,49,52,54H,5,8,11,14,17,20,23-48H2,1-4H3/p+1/b7-6-,10-9-,13-12-,16-15-,19-18-,22-21-. The molecule has 0 rings (SSSR count). The van der Waals surface area contributed by atoms with Gasteiger partial charge in [-0.3, -0.25) is 4.79 Å². The first-order chi connectivity index (χ1) is 29.2. The Labute approximate surface area is 368 Å². The van der Waals surface area contributed by atoms with E-state index in [4.69, 9.17) is 14.2 Å². The number of allylic oxidation sites excluding steroid dienone is 12. The van der Waals surface area contributed by atoms with Crippen molar-refractivity contribution in [2.75, 3.05) is 47.5 Å². The number of carboxylic acid groups (broad SMARTS) is 1. The van der Waals surface area contributed by atoms with Gasteiger partial charge in [-0.15, -0.1) is 0 Å². The van der Waals surface area contributed by atoms with Crippen molar-refractivity contribution in [3.8, 4) is 0 Å². The van der Waals surface area contributed by atoms with E-state index >= 15 is 0 Å². The lowest BCUT2D eigenvalue weighted by Gasteiger charge is -2.24. The topological polar surface area (TPSA) is 102 Å². The maximum atomic E-state index is 12.0. The van der Waals surface area contributed by atoms with Gasteiger partial charge in [0.2, 0.25) is 0 Å². The quantitative estimate of drug-likeness (QED) is 0.0207. The Kier molecular flexibility index (Phi) is 42.2. The van der Waals surface area contributed by atoms with E-state index in [1.807, 2.05) is 21.1 Å². The number of carboxylic acids is 1. The molecule has 0 amide bonds. The molecule has 0 aliphatic heterocycles. The minimum Gasteiger partial charge on any atom is -0.477 e. The zero-order valence-electron chi connectivity index (χ0n) is 39.1. The van der Waals surface area contributed by atoms with Crippen LogP contribution in [-0.2, 0) is 23.8 Å². The molecule has 2 unspecified atom stereocenters. The number of quaternary nitrogens is 1. The minimum absolute atomic E-state index is 0.210. The van der Waals surface area contributed by atoms with Crippen LogP contribution in [-0.4, -0.2) is 86.5 Å². The number of nitrogens with zero attached hydrogens (tertiary/aromatic N) is 1. The molecule has 346 valence electrons. The molecule has 0 fully saturated rings. The first-order valence-electron chi connectivity index (χ1n) is 24.2. The summed E-state index contributed by atoms with van der Waals surface area (Å²) >= 11 is 0. The van der Waals surface area contributed by atoms with Crippen molar-refractivity contribution in [1.82, 2.24) is 0 Å². The third-order valence-corrected chi connectivity index (χ3v) is 10.2. The average molecular weight is 843 g/mol. The third-order valence-electron chi connectivity index (χ3n) is 10.2. The second-order valence-electron chi connectivity index (χ2n) is 17.2. The second-order valence-corrected chi connectivity index (χ2v) is 17.2. The maximum Gasteiger partial charge on any atom is 0.361 e. The Balaban J connectivity index is 3.42. The highest BCUT2D eigenvalue weighted by atomic mass is 16.7. The number of hydrogen-bond donors (Lipinski definition) is 2. The number of rotatable bonds is 44. The van der Waals surface area contributed by atoms with Crippen LogP contribution in [0, 0.1) is 0 Å². The monoisotopic (exact) mass is 843 g/mol. The molecule has 0 aliphatic rings. The molecular formula is C52H92NO7+. The largest absolute Gasteiger partial charge is 0.477 e. The van der Waals surface area contributed by atoms with E-state index in [9.17, 15) is 19.8 Å². The number of aliphatic hydroxyl groups is 1. The van der Waals surface area contributed by atoms with Crippen LogP contribution in [0.2, 0.25) is 0 Å². The maximum absolute atomic E-state index is 12.0. The molecule has 0 spiro atoms. The van der Waals surface area contributed by atoms with Gasteiger partial charge in [0.1, 0.15) is 19.3 Å². The van der Waals surface area contributed by atoms with E-state index in [1.54, 1.807) is 0 Å². The Morgan fingerprint density at radius 3 is 1.25 bits per heavy atom. The van der Waals surface area contributed by atoms with Gasteiger partial charge in [0.25, 0.3) is 6.29 Å². The predicted molar refractivity (Wildman–Crippen MR) is 253 cm³/mol. The fourth-order valence-corrected chi connectivity index (χ4v) is 6.49. The van der Waals surface area contributed by atoms with E-state index in [2.05, 4.69) is 79.8 Å². The van der Waals surface area contributed by atoms with Crippen LogP contribution in [0.4, 0.5) is 0 Å². The fraction of sp³-hybridized carbons (Fsp3) is 0.731. The van der Waals surface area contributed by atoms with Gasteiger partial charge in [-0.25, -0.2) is 4.79 Å². The zero-order chi connectivity index (χ0) is 44.0. The molecule has 2 N–H and O–H groups in total. The third kappa shape index (κ3) is 46.3. The first-order valence-corrected chi connectivity index (χ1v) is 24.2. The molecule has 2 atom stereocenters. The molecule has 0 saturated heterocycles. The van der Waals surface area contributed by atoms with E-state index in [0.717, 1.165) is 57.8 Å². The van der Waals surface area contributed by atoms with Gasteiger partial charge in [0, 0.05) is 6.42 Å². The molecule has 8 nitrogen and oxygen atoms in total.